The van der Waals surface area contributed by atoms with Gasteiger partial charge in [-0.25, -0.2) is 54.4 Å². The van der Waals surface area contributed by atoms with E-state index < -0.39 is 291 Å². The number of nitrogens with zero attached hydrogens (tertiary/aromatic N) is 3. The highest BCUT2D eigenvalue weighted by Gasteiger charge is 2.63. The number of unbranched alkanes of at least 4 members (excludes halogenated alkanes) is 10. The molecule has 20 atom stereocenters. The lowest BCUT2D eigenvalue weighted by molar-refractivity contribution is -0.378. The normalized spacial score (nSPS) is 29.1. The van der Waals surface area contributed by atoms with Gasteiger partial charge in [0, 0.05) is 31.0 Å². The van der Waals surface area contributed by atoms with Crippen molar-refractivity contribution in [2.45, 2.75) is 206 Å². The molecule has 14 N–H and O–H groups in total. The van der Waals surface area contributed by atoms with Crippen molar-refractivity contribution in [3.63, 3.8) is 0 Å². The zero-order chi connectivity index (χ0) is 90.7. The lowest BCUT2D eigenvalue weighted by atomic mass is 9.95. The maximum Gasteiger partial charge on any atom is 0.397 e. The molecule has 4 fully saturated rings. The van der Waals surface area contributed by atoms with Crippen molar-refractivity contribution in [3.8, 4) is 0 Å². The first-order chi connectivity index (χ1) is 54.0. The van der Waals surface area contributed by atoms with E-state index in [1.165, 1.54) is 0 Å². The average Bonchev–Trinajstić information content (AvgIpc) is 0.752. The van der Waals surface area contributed by atoms with Crippen LogP contribution in [0.4, 0.5) is 0 Å². The second-order valence-electron chi connectivity index (χ2n) is 23.9. The van der Waals surface area contributed by atoms with Crippen molar-refractivity contribution in [2.75, 3.05) is 46.1 Å². The zero-order valence-corrected chi connectivity index (χ0v) is 69.4. The molecule has 1 amide bonds. The van der Waals surface area contributed by atoms with E-state index in [4.69, 9.17) is 43.4 Å². The van der Waals surface area contributed by atoms with E-state index in [9.17, 15) is 173 Å². The van der Waals surface area contributed by atoms with Crippen molar-refractivity contribution in [1.82, 2.24) is 5.32 Å². The predicted molar refractivity (Wildman–Crippen MR) is 360 cm³/mol. The first-order valence-corrected chi connectivity index (χ1v) is 49.6. The van der Waals surface area contributed by atoms with Gasteiger partial charge in [0.1, 0.15) is 73.2 Å². The molecular formula is C41H74N4O61S13. The summed E-state index contributed by atoms with van der Waals surface area (Å²) in [6.45, 7) is -9.24. The summed E-state index contributed by atoms with van der Waals surface area (Å²) >= 11 is 0. The molecule has 0 bridgehead atoms. The molecule has 65 nitrogen and oxygen atoms in total. The molecule has 4 heterocycles. The Morgan fingerprint density at radius 2 is 0.529 bits per heavy atom. The number of ether oxygens (including phenoxy) is 8. The van der Waals surface area contributed by atoms with E-state index in [0.29, 0.717) is 13.0 Å². The van der Waals surface area contributed by atoms with Gasteiger partial charge in [-0.15, -0.1) is 0 Å². The highest BCUT2D eigenvalue weighted by molar-refractivity contribution is 7.83. The fourth-order valence-corrected chi connectivity index (χ4v) is 16.6. The Morgan fingerprint density at radius 3 is 0.824 bits per heavy atom. The molecule has 0 aromatic carbocycles. The third-order valence-corrected chi connectivity index (χ3v) is 20.9. The van der Waals surface area contributed by atoms with E-state index in [1.54, 1.807) is 0 Å². The lowest BCUT2D eigenvalue weighted by Gasteiger charge is -2.50. The van der Waals surface area contributed by atoms with Crippen LogP contribution in [0, 0.1) is 0 Å². The standard InChI is InChI=1S/C41H74N4O61S13/c42-45-44-15-11-6-4-2-1-3-5-9-13-25(46)43-14-10-7-8-12-16-86-38-34(103-116(74,75)76)30(99-112(62,63)64)26(21(91-38)17-87-107(47,48)49)95-39-35(104-117(77,78)79)31(100-113(65,66)67)27(22(92-39)18-88-108(50,51)52)96-40-36(105-118(80,81)82)32(101-114(68,69)70)28(23(93-40)19-89-109(53,54)55)97-41-37(106-119(83,84)85)33(102-115(71,72)73)29(98-111(59,60)61)24(94-41)20-90-110(56,57)58/h21-24,26-41H,1-20H2,(H,43,46)(H,47,48,49)(H,50,51,52)(H,53,54,55)(H,56,57,58)(H,59,60,61)(H,62,63,64)(H,65,66,67)(H,68,69,70)(H,71,72,73)(H,74,75,76)(H,77,78,79)(H,80,81,82)(H,83,84,85)/t21-,22-,23-,24-,26-,27-,28-,29-,30+,31+,32+,33+,34-,35-,36-,37-,38-,39-,40-,41-/m1/s1. The molecule has 4 rings (SSSR count). The summed E-state index contributed by atoms with van der Waals surface area (Å²) in [5.74, 6) is -0.315. The first-order valence-electron chi connectivity index (χ1n) is 31.8. The summed E-state index contributed by atoms with van der Waals surface area (Å²) in [4.78, 5) is 15.1. The number of rotatable bonds is 55. The Morgan fingerprint density at radius 1 is 0.294 bits per heavy atom. The summed E-state index contributed by atoms with van der Waals surface area (Å²) in [6, 6.07) is 0. The molecule has 702 valence electrons. The SMILES string of the molecule is [N-]=[N+]=NCCCCCCCCCCC(=O)NCCCCCCO[C@@H]1O[C@H](COS(=O)(=O)O)[C@@H](O[C@H]2O[C@H](COS(=O)(=O)O)[C@@H](O[C@H]3O[C@H](COS(=O)(=O)O)[C@@H](O[C@H]4O[C@H](COS(=O)(=O)O)[C@@H](OS(=O)(=O)O)[C@H](OS(=O)(=O)O)[C@H]4OS(=O)(=O)O)[C@H](OS(=O)(=O)O)[C@H]3OS(=O)(=O)O)[C@H](OS(=O)(=O)O)[C@H]2OS(=O)(=O)O)[C@H](OS(=O)(=O)O)[C@H]1OS(=O)(=O)O. The van der Waals surface area contributed by atoms with Gasteiger partial charge in [-0.2, -0.15) is 109 Å². The van der Waals surface area contributed by atoms with Gasteiger partial charge in [0.05, 0.1) is 26.4 Å². The van der Waals surface area contributed by atoms with Crippen LogP contribution in [-0.4, -0.2) is 343 Å². The van der Waals surface area contributed by atoms with Gasteiger partial charge >= 0.3 is 135 Å². The average molecular weight is 2020 g/mol. The van der Waals surface area contributed by atoms with Gasteiger partial charge in [0.2, 0.25) is 5.91 Å². The predicted octanol–water partition coefficient (Wildman–Crippen LogP) is -6.47. The van der Waals surface area contributed by atoms with Crippen molar-refractivity contribution < 1.29 is 266 Å². The second-order valence-corrected chi connectivity index (χ2v) is 37.7. The van der Waals surface area contributed by atoms with Crippen LogP contribution in [0.2, 0.25) is 0 Å². The third kappa shape index (κ3) is 44.2. The summed E-state index contributed by atoms with van der Waals surface area (Å²) in [6.07, 6.45) is -64.0. The van der Waals surface area contributed by atoms with Gasteiger partial charge in [0.15, 0.2) is 49.6 Å². The first kappa shape index (κ1) is 108. The van der Waals surface area contributed by atoms with Crippen molar-refractivity contribution >= 4 is 141 Å². The Hall–Kier alpha value is -3.23. The molecule has 0 aromatic rings. The topological polar surface area (TPSA) is 979 Å². The molecule has 78 heteroatoms. The number of carbonyl (C=O) groups is 1. The molecule has 0 saturated carbocycles. The monoisotopic (exact) mass is 2010 g/mol. The summed E-state index contributed by atoms with van der Waals surface area (Å²) < 4.78 is 553. The van der Waals surface area contributed by atoms with Gasteiger partial charge in [0.25, 0.3) is 0 Å². The summed E-state index contributed by atoms with van der Waals surface area (Å²) in [5, 5.41) is 6.13. The molecule has 0 aliphatic carbocycles. The van der Waals surface area contributed by atoms with Crippen LogP contribution in [0.1, 0.15) is 83.5 Å². The molecule has 0 spiro atoms. The van der Waals surface area contributed by atoms with Gasteiger partial charge in [-0.3, -0.25) is 64.0 Å². The van der Waals surface area contributed by atoms with Crippen LogP contribution < -0.4 is 5.32 Å². The second kappa shape index (κ2) is 45.0. The molecule has 4 aliphatic rings. The van der Waals surface area contributed by atoms with Crippen LogP contribution in [-0.2, 0) is 232 Å². The summed E-state index contributed by atoms with van der Waals surface area (Å²) in [7, 11) is -83.6. The maximum absolute atomic E-state index is 13.0. The van der Waals surface area contributed by atoms with E-state index in [2.05, 4.69) is 69.7 Å². The minimum atomic E-state index is -6.79. The van der Waals surface area contributed by atoms with Crippen molar-refractivity contribution in [3.05, 3.63) is 10.4 Å². The highest BCUT2D eigenvalue weighted by atomic mass is 32.3. The van der Waals surface area contributed by atoms with Crippen LogP contribution in [0.25, 0.3) is 10.4 Å². The van der Waals surface area contributed by atoms with E-state index in [1.807, 2.05) is 0 Å². The highest BCUT2D eigenvalue weighted by Crippen LogP contribution is 2.42. The van der Waals surface area contributed by atoms with E-state index in [-0.39, 0.29) is 44.6 Å². The number of azide groups is 1. The van der Waals surface area contributed by atoms with Crippen LogP contribution in [0.15, 0.2) is 5.11 Å². The number of hydrogen-bond donors (Lipinski definition) is 14. The third-order valence-electron chi connectivity index (χ3n) is 15.0. The molecule has 119 heavy (non-hydrogen) atoms. The number of hydrogen-bond acceptors (Lipinski definition) is 49. The fraction of sp³-hybridized carbons (Fsp3) is 0.976. The van der Waals surface area contributed by atoms with Crippen LogP contribution in [0.3, 0.4) is 0 Å². The fourth-order valence-electron chi connectivity index (χ4n) is 11.0. The van der Waals surface area contributed by atoms with Crippen molar-refractivity contribution in [2.24, 2.45) is 5.11 Å². The number of carbonyl (C=O) groups excluding carboxylic acids is 1. The quantitative estimate of drug-likeness (QED) is 0.00885. The van der Waals surface area contributed by atoms with E-state index in [0.717, 1.165) is 44.9 Å². The van der Waals surface area contributed by atoms with Crippen LogP contribution >= 0.6 is 0 Å². The molecule has 0 aromatic heterocycles. The Balaban J connectivity index is 1.97. The molecule has 4 saturated heterocycles. The Bertz CT molecular complexity index is 4980. The van der Waals surface area contributed by atoms with Crippen molar-refractivity contribution in [1.29, 1.82) is 0 Å². The number of amides is 1. The Kier molecular flexibility index (Phi) is 40.8. The van der Waals surface area contributed by atoms with E-state index >= 15 is 0 Å². The van der Waals surface area contributed by atoms with Gasteiger partial charge < -0.3 is 43.2 Å². The van der Waals surface area contributed by atoms with Crippen LogP contribution in [0.5, 0.6) is 0 Å². The number of nitrogens with one attached hydrogen (secondary N) is 1. The minimum absolute atomic E-state index is 0.0794. The Labute approximate surface area is 675 Å². The van der Waals surface area contributed by atoms with Gasteiger partial charge in [-0.1, -0.05) is 56.5 Å². The molecule has 0 radical (unpaired) electrons. The lowest BCUT2D eigenvalue weighted by Crippen LogP contribution is -2.69. The maximum atomic E-state index is 13.0. The molecular weight excluding hydrogens is 1940 g/mol. The van der Waals surface area contributed by atoms with Gasteiger partial charge in [-0.05, 0) is 31.2 Å². The minimum Gasteiger partial charge on any atom is -0.356 e. The smallest absolute Gasteiger partial charge is 0.356 e. The molecule has 4 aliphatic heterocycles. The zero-order valence-electron chi connectivity index (χ0n) is 58.7. The largest absolute Gasteiger partial charge is 0.397 e. The summed E-state index contributed by atoms with van der Waals surface area (Å²) in [5.41, 5.74) is 8.35. The molecule has 0 unspecified atom stereocenters.